The molecule has 3 atom stereocenters. The number of piperidine rings is 1. The molecule has 1 fully saturated rings. The molecule has 3 N–H and O–H groups in total. The predicted octanol–water partition coefficient (Wildman–Crippen LogP) is 2.43. The summed E-state index contributed by atoms with van der Waals surface area (Å²) in [6.07, 6.45) is 1.33. The van der Waals surface area contributed by atoms with E-state index in [-0.39, 0.29) is 36.2 Å². The van der Waals surface area contributed by atoms with Crippen molar-refractivity contribution in [2.45, 2.75) is 45.7 Å². The van der Waals surface area contributed by atoms with Crippen LogP contribution in [0, 0.1) is 11.8 Å². The van der Waals surface area contributed by atoms with Gasteiger partial charge in [-0.15, -0.1) is 12.4 Å². The van der Waals surface area contributed by atoms with Crippen molar-refractivity contribution in [2.75, 3.05) is 13.1 Å². The Morgan fingerprint density at radius 3 is 2.52 bits per heavy atom. The topological polar surface area (TPSA) is 70.2 Å². The first kappa shape index (κ1) is 21.5. The quantitative estimate of drug-likeness (QED) is 0.723. The van der Waals surface area contributed by atoms with E-state index >= 15 is 0 Å². The minimum Gasteiger partial charge on any atom is -0.351 e. The molecule has 3 unspecified atom stereocenters. The number of benzene rings is 1. The largest absolute Gasteiger partial charge is 0.351 e. The van der Waals surface area contributed by atoms with E-state index in [4.69, 9.17) is 0 Å². The number of carbonyl (C=O) groups excluding carboxylic acids is 2. The number of amides is 2. The third kappa shape index (κ3) is 6.67. The van der Waals surface area contributed by atoms with E-state index in [9.17, 15) is 9.59 Å². The van der Waals surface area contributed by atoms with E-state index in [2.05, 4.69) is 22.9 Å². The fourth-order valence-corrected chi connectivity index (χ4v) is 3.03. The first-order chi connectivity index (χ1) is 11.5. The fraction of sp³-hybridized carbons (Fsp3) is 0.579. The molecule has 2 amide bonds. The molecule has 5 nitrogen and oxygen atoms in total. The highest BCUT2D eigenvalue weighted by Crippen LogP contribution is 2.17. The summed E-state index contributed by atoms with van der Waals surface area (Å²) >= 11 is 0. The second kappa shape index (κ2) is 10.4. The molecule has 6 heteroatoms. The monoisotopic (exact) mass is 367 g/mol. The number of carbonyl (C=O) groups is 2. The Labute approximate surface area is 156 Å². The van der Waals surface area contributed by atoms with Crippen LogP contribution in [0.15, 0.2) is 30.3 Å². The van der Waals surface area contributed by atoms with Gasteiger partial charge in [-0.2, -0.15) is 0 Å². The van der Waals surface area contributed by atoms with Crippen LogP contribution in [0.5, 0.6) is 0 Å². The SMILES string of the molecule is CC(C)CC(=O)NC(C(=O)NC1CCNCC1C)c1ccccc1.Cl. The lowest BCUT2D eigenvalue weighted by atomic mass is 9.94. The minimum atomic E-state index is -0.639. The Bertz CT molecular complexity index is 551. The zero-order valence-electron chi connectivity index (χ0n) is 15.2. The molecular weight excluding hydrogens is 338 g/mol. The van der Waals surface area contributed by atoms with E-state index in [0.717, 1.165) is 25.1 Å². The van der Waals surface area contributed by atoms with Crippen molar-refractivity contribution in [1.29, 1.82) is 0 Å². The Morgan fingerprint density at radius 1 is 1.24 bits per heavy atom. The molecule has 0 radical (unpaired) electrons. The van der Waals surface area contributed by atoms with E-state index in [1.165, 1.54) is 0 Å². The van der Waals surface area contributed by atoms with Gasteiger partial charge in [0.05, 0.1) is 0 Å². The van der Waals surface area contributed by atoms with Crippen LogP contribution in [-0.4, -0.2) is 30.9 Å². The molecule has 25 heavy (non-hydrogen) atoms. The summed E-state index contributed by atoms with van der Waals surface area (Å²) in [4.78, 5) is 25.0. The van der Waals surface area contributed by atoms with Crippen molar-refractivity contribution in [3.8, 4) is 0 Å². The standard InChI is InChI=1S/C19H29N3O2.ClH/c1-13(2)11-17(23)22-18(15-7-5-4-6-8-15)19(24)21-16-9-10-20-12-14(16)3;/h4-8,13-14,16,18,20H,9-12H2,1-3H3,(H,21,24)(H,22,23);1H. The first-order valence-corrected chi connectivity index (χ1v) is 8.82. The van der Waals surface area contributed by atoms with Gasteiger partial charge in [0, 0.05) is 12.5 Å². The smallest absolute Gasteiger partial charge is 0.247 e. The second-order valence-electron chi connectivity index (χ2n) is 7.09. The van der Waals surface area contributed by atoms with Crippen LogP contribution < -0.4 is 16.0 Å². The summed E-state index contributed by atoms with van der Waals surface area (Å²) in [5.41, 5.74) is 0.814. The molecule has 0 aliphatic carbocycles. The van der Waals surface area contributed by atoms with Crippen LogP contribution in [0.25, 0.3) is 0 Å². The molecule has 0 aromatic heterocycles. The maximum atomic E-state index is 12.8. The summed E-state index contributed by atoms with van der Waals surface area (Å²) in [5.74, 6) is 0.420. The van der Waals surface area contributed by atoms with Gasteiger partial charge in [-0.05, 0) is 36.9 Å². The first-order valence-electron chi connectivity index (χ1n) is 8.82. The fourth-order valence-electron chi connectivity index (χ4n) is 3.03. The van der Waals surface area contributed by atoms with Gasteiger partial charge in [-0.25, -0.2) is 0 Å². The van der Waals surface area contributed by atoms with Gasteiger partial charge < -0.3 is 16.0 Å². The Kier molecular flexibility index (Phi) is 8.93. The predicted molar refractivity (Wildman–Crippen MR) is 103 cm³/mol. The van der Waals surface area contributed by atoms with Gasteiger partial charge in [-0.1, -0.05) is 51.1 Å². The molecule has 0 bridgehead atoms. The van der Waals surface area contributed by atoms with Crippen molar-refractivity contribution in [3.63, 3.8) is 0 Å². The van der Waals surface area contributed by atoms with E-state index in [1.54, 1.807) is 0 Å². The average molecular weight is 368 g/mol. The summed E-state index contributed by atoms with van der Waals surface area (Å²) in [5, 5.41) is 9.37. The number of nitrogens with one attached hydrogen (secondary N) is 3. The van der Waals surface area contributed by atoms with Gasteiger partial charge in [0.1, 0.15) is 6.04 Å². The van der Waals surface area contributed by atoms with E-state index in [0.29, 0.717) is 12.3 Å². The van der Waals surface area contributed by atoms with Crippen molar-refractivity contribution in [2.24, 2.45) is 11.8 Å². The summed E-state index contributed by atoms with van der Waals surface area (Å²) in [7, 11) is 0. The van der Waals surface area contributed by atoms with Crippen LogP contribution in [0.2, 0.25) is 0 Å². The molecule has 0 saturated carbocycles. The Hall–Kier alpha value is -1.59. The number of hydrogen-bond donors (Lipinski definition) is 3. The number of hydrogen-bond acceptors (Lipinski definition) is 3. The highest BCUT2D eigenvalue weighted by molar-refractivity contribution is 5.88. The van der Waals surface area contributed by atoms with Gasteiger partial charge in [-0.3, -0.25) is 9.59 Å². The van der Waals surface area contributed by atoms with Gasteiger partial charge in [0.15, 0.2) is 0 Å². The van der Waals surface area contributed by atoms with Gasteiger partial charge in [0.25, 0.3) is 0 Å². The molecule has 1 aliphatic heterocycles. The van der Waals surface area contributed by atoms with Gasteiger partial charge in [0.2, 0.25) is 11.8 Å². The third-order valence-electron chi connectivity index (χ3n) is 4.41. The van der Waals surface area contributed by atoms with Gasteiger partial charge >= 0.3 is 0 Å². The van der Waals surface area contributed by atoms with Crippen LogP contribution in [0.4, 0.5) is 0 Å². The minimum absolute atomic E-state index is 0. The van der Waals surface area contributed by atoms with Crippen LogP contribution in [-0.2, 0) is 9.59 Å². The van der Waals surface area contributed by atoms with Crippen molar-refractivity contribution in [1.82, 2.24) is 16.0 Å². The molecule has 1 aromatic rings. The van der Waals surface area contributed by atoms with E-state index < -0.39 is 6.04 Å². The van der Waals surface area contributed by atoms with Crippen LogP contribution in [0.1, 0.15) is 45.2 Å². The molecule has 1 aromatic carbocycles. The average Bonchev–Trinajstić information content (AvgIpc) is 2.55. The highest BCUT2D eigenvalue weighted by Gasteiger charge is 2.28. The highest BCUT2D eigenvalue weighted by atomic mass is 35.5. The zero-order valence-corrected chi connectivity index (χ0v) is 16.1. The summed E-state index contributed by atoms with van der Waals surface area (Å²) < 4.78 is 0. The lowest BCUT2D eigenvalue weighted by Crippen LogP contribution is -2.51. The summed E-state index contributed by atoms with van der Waals surface area (Å²) in [6.45, 7) is 7.93. The number of halogens is 1. The normalized spacial score (nSPS) is 21.1. The van der Waals surface area contributed by atoms with Crippen molar-refractivity contribution in [3.05, 3.63) is 35.9 Å². The lowest BCUT2D eigenvalue weighted by molar-refractivity contribution is -0.130. The van der Waals surface area contributed by atoms with Crippen LogP contribution >= 0.6 is 12.4 Å². The zero-order chi connectivity index (χ0) is 17.5. The third-order valence-corrected chi connectivity index (χ3v) is 4.41. The lowest BCUT2D eigenvalue weighted by Gasteiger charge is -2.31. The van der Waals surface area contributed by atoms with Crippen molar-refractivity contribution >= 4 is 24.2 Å². The number of rotatable bonds is 6. The molecule has 2 rings (SSSR count). The molecule has 1 aliphatic rings. The Balaban J connectivity index is 0.00000312. The maximum Gasteiger partial charge on any atom is 0.247 e. The Morgan fingerprint density at radius 2 is 1.92 bits per heavy atom. The molecular formula is C19H30ClN3O2. The molecule has 1 heterocycles. The van der Waals surface area contributed by atoms with E-state index in [1.807, 2.05) is 44.2 Å². The molecule has 140 valence electrons. The van der Waals surface area contributed by atoms with Crippen molar-refractivity contribution < 1.29 is 9.59 Å². The van der Waals surface area contributed by atoms with Crippen LogP contribution in [0.3, 0.4) is 0 Å². The molecule has 0 spiro atoms. The molecule has 1 saturated heterocycles. The maximum absolute atomic E-state index is 12.8. The summed E-state index contributed by atoms with van der Waals surface area (Å²) in [6, 6.07) is 8.95. The second-order valence-corrected chi connectivity index (χ2v) is 7.09.